The van der Waals surface area contributed by atoms with Gasteiger partial charge < -0.3 is 10.6 Å². The van der Waals surface area contributed by atoms with E-state index in [9.17, 15) is 14.4 Å². The van der Waals surface area contributed by atoms with Gasteiger partial charge in [0.1, 0.15) is 5.52 Å². The largest absolute Gasteiger partial charge is 0.354 e. The van der Waals surface area contributed by atoms with Crippen LogP contribution in [0.2, 0.25) is 0 Å². The highest BCUT2D eigenvalue weighted by Gasteiger charge is 2.09. The number of hydrogen-bond donors (Lipinski definition) is 2. The Kier molecular flexibility index (Phi) is 6.33. The van der Waals surface area contributed by atoms with Crippen molar-refractivity contribution >= 4 is 28.4 Å². The Morgan fingerprint density at radius 3 is 2.48 bits per heavy atom. The molecule has 0 saturated carbocycles. The van der Waals surface area contributed by atoms with Gasteiger partial charge in [-0.05, 0) is 43.7 Å². The number of aromatic nitrogens is 3. The molecule has 0 bridgehead atoms. The minimum atomic E-state index is -0.271. The van der Waals surface area contributed by atoms with Gasteiger partial charge in [0.25, 0.3) is 5.56 Å². The number of nitrogens with zero attached hydrogens (tertiary/aromatic N) is 3. The first-order chi connectivity index (χ1) is 13.9. The number of anilines is 1. The van der Waals surface area contributed by atoms with Crippen LogP contribution in [0.1, 0.15) is 25.8 Å². The van der Waals surface area contributed by atoms with Crippen LogP contribution in [-0.2, 0) is 22.6 Å². The SMILES string of the molecule is CC(C)NC(=O)Cc1ccc(NC(=O)CCn2nnc3ccccc3c2=O)cc1. The highest BCUT2D eigenvalue weighted by molar-refractivity contribution is 5.90. The molecule has 1 aromatic heterocycles. The van der Waals surface area contributed by atoms with E-state index < -0.39 is 0 Å². The molecule has 8 nitrogen and oxygen atoms in total. The van der Waals surface area contributed by atoms with E-state index in [1.807, 2.05) is 13.8 Å². The first kappa shape index (κ1) is 20.2. The summed E-state index contributed by atoms with van der Waals surface area (Å²) in [6, 6.07) is 14.2. The second-order valence-corrected chi connectivity index (χ2v) is 7.03. The van der Waals surface area contributed by atoms with Gasteiger partial charge in [0.05, 0.1) is 18.4 Å². The third-order valence-corrected chi connectivity index (χ3v) is 4.23. The van der Waals surface area contributed by atoms with Gasteiger partial charge in [-0.15, -0.1) is 5.10 Å². The van der Waals surface area contributed by atoms with E-state index in [4.69, 9.17) is 0 Å². The molecule has 0 atom stereocenters. The molecule has 1 heterocycles. The number of carbonyl (C=O) groups is 2. The van der Waals surface area contributed by atoms with Crippen LogP contribution < -0.4 is 16.2 Å². The Morgan fingerprint density at radius 1 is 1.03 bits per heavy atom. The molecular weight excluding hydrogens is 370 g/mol. The fourth-order valence-corrected chi connectivity index (χ4v) is 2.87. The molecule has 0 fully saturated rings. The number of fused-ring (bicyclic) bond motifs is 1. The van der Waals surface area contributed by atoms with E-state index >= 15 is 0 Å². The summed E-state index contributed by atoms with van der Waals surface area (Å²) >= 11 is 0. The molecule has 0 radical (unpaired) electrons. The van der Waals surface area contributed by atoms with Crippen LogP contribution in [0.15, 0.2) is 53.3 Å². The Balaban J connectivity index is 1.55. The molecule has 0 aliphatic rings. The Morgan fingerprint density at radius 2 is 1.76 bits per heavy atom. The normalized spacial score (nSPS) is 10.9. The molecule has 2 amide bonds. The summed E-state index contributed by atoms with van der Waals surface area (Å²) in [4.78, 5) is 36.4. The lowest BCUT2D eigenvalue weighted by Crippen LogP contribution is -2.31. The predicted octanol–water partition coefficient (Wildman–Crippen LogP) is 1.89. The van der Waals surface area contributed by atoms with Crippen molar-refractivity contribution in [2.75, 3.05) is 5.32 Å². The van der Waals surface area contributed by atoms with Gasteiger partial charge in [0.15, 0.2) is 0 Å². The van der Waals surface area contributed by atoms with Crippen LogP contribution in [0.4, 0.5) is 5.69 Å². The average Bonchev–Trinajstić information content (AvgIpc) is 2.68. The van der Waals surface area contributed by atoms with Crippen molar-refractivity contribution in [1.82, 2.24) is 20.3 Å². The topological polar surface area (TPSA) is 106 Å². The molecule has 8 heteroatoms. The average molecular weight is 393 g/mol. The lowest BCUT2D eigenvalue weighted by molar-refractivity contribution is -0.121. The fraction of sp³-hybridized carbons (Fsp3) is 0.286. The first-order valence-electron chi connectivity index (χ1n) is 9.43. The molecule has 2 N–H and O–H groups in total. The quantitative estimate of drug-likeness (QED) is 0.638. The standard InChI is InChI=1S/C21H23N5O3/c1-14(2)22-20(28)13-15-7-9-16(10-8-15)23-19(27)11-12-26-21(29)17-5-3-4-6-18(17)24-25-26/h3-10,14H,11-13H2,1-2H3,(H,22,28)(H,23,27). The number of aryl methyl sites for hydroxylation is 1. The number of benzene rings is 2. The molecule has 3 aromatic rings. The summed E-state index contributed by atoms with van der Waals surface area (Å²) in [5.74, 6) is -0.282. The van der Waals surface area contributed by atoms with Crippen molar-refractivity contribution in [3.63, 3.8) is 0 Å². The smallest absolute Gasteiger partial charge is 0.277 e. The summed E-state index contributed by atoms with van der Waals surface area (Å²) in [5.41, 5.74) is 1.74. The molecule has 0 aliphatic carbocycles. The van der Waals surface area contributed by atoms with E-state index in [2.05, 4.69) is 20.9 Å². The van der Waals surface area contributed by atoms with Gasteiger partial charge >= 0.3 is 0 Å². The zero-order valence-electron chi connectivity index (χ0n) is 16.4. The lowest BCUT2D eigenvalue weighted by Gasteiger charge is -2.09. The number of carbonyl (C=O) groups excluding carboxylic acids is 2. The molecule has 29 heavy (non-hydrogen) atoms. The van der Waals surface area contributed by atoms with E-state index in [-0.39, 0.29) is 42.8 Å². The van der Waals surface area contributed by atoms with Crippen LogP contribution in [0.3, 0.4) is 0 Å². The maximum Gasteiger partial charge on any atom is 0.277 e. The third kappa shape index (κ3) is 5.47. The summed E-state index contributed by atoms with van der Waals surface area (Å²) < 4.78 is 1.19. The maximum absolute atomic E-state index is 12.4. The van der Waals surface area contributed by atoms with Gasteiger partial charge in [-0.2, -0.15) is 0 Å². The second-order valence-electron chi connectivity index (χ2n) is 7.03. The molecular formula is C21H23N5O3. The van der Waals surface area contributed by atoms with E-state index in [1.165, 1.54) is 4.68 Å². The van der Waals surface area contributed by atoms with Crippen LogP contribution in [0.5, 0.6) is 0 Å². The van der Waals surface area contributed by atoms with Gasteiger partial charge in [-0.1, -0.05) is 29.5 Å². The molecule has 0 unspecified atom stereocenters. The Hall–Kier alpha value is -3.55. The number of rotatable bonds is 7. The van der Waals surface area contributed by atoms with Crippen molar-refractivity contribution in [3.8, 4) is 0 Å². The molecule has 0 spiro atoms. The predicted molar refractivity (Wildman–Crippen MR) is 110 cm³/mol. The molecule has 2 aromatic carbocycles. The van der Waals surface area contributed by atoms with Crippen molar-refractivity contribution in [3.05, 3.63) is 64.4 Å². The lowest BCUT2D eigenvalue weighted by atomic mass is 10.1. The zero-order chi connectivity index (χ0) is 20.8. The van der Waals surface area contributed by atoms with Crippen molar-refractivity contribution in [1.29, 1.82) is 0 Å². The highest BCUT2D eigenvalue weighted by atomic mass is 16.2. The van der Waals surface area contributed by atoms with E-state index in [0.717, 1.165) is 5.56 Å². The van der Waals surface area contributed by atoms with E-state index in [1.54, 1.807) is 48.5 Å². The second kappa shape index (κ2) is 9.09. The molecule has 3 rings (SSSR count). The summed E-state index contributed by atoms with van der Waals surface area (Å²) in [6.45, 7) is 3.96. The first-order valence-corrected chi connectivity index (χ1v) is 9.43. The van der Waals surface area contributed by atoms with Crippen LogP contribution >= 0.6 is 0 Å². The maximum atomic E-state index is 12.4. The van der Waals surface area contributed by atoms with Gasteiger partial charge in [-0.25, -0.2) is 4.68 Å². The monoisotopic (exact) mass is 393 g/mol. The molecule has 0 aliphatic heterocycles. The van der Waals surface area contributed by atoms with Gasteiger partial charge in [-0.3, -0.25) is 14.4 Å². The number of amides is 2. The molecule has 0 saturated heterocycles. The van der Waals surface area contributed by atoms with Crippen LogP contribution in [0.25, 0.3) is 10.9 Å². The van der Waals surface area contributed by atoms with Crippen LogP contribution in [0, 0.1) is 0 Å². The van der Waals surface area contributed by atoms with Gasteiger partial charge in [0.2, 0.25) is 11.8 Å². The zero-order valence-corrected chi connectivity index (χ0v) is 16.4. The van der Waals surface area contributed by atoms with E-state index in [0.29, 0.717) is 16.6 Å². The summed E-state index contributed by atoms with van der Waals surface area (Å²) in [7, 11) is 0. The minimum Gasteiger partial charge on any atom is -0.354 e. The number of nitrogens with one attached hydrogen (secondary N) is 2. The summed E-state index contributed by atoms with van der Waals surface area (Å²) in [6.07, 6.45) is 0.376. The molecule has 150 valence electrons. The van der Waals surface area contributed by atoms with Crippen LogP contribution in [-0.4, -0.2) is 32.9 Å². The fourth-order valence-electron chi connectivity index (χ4n) is 2.87. The Bertz CT molecular complexity index is 1070. The van der Waals surface area contributed by atoms with Crippen molar-refractivity contribution < 1.29 is 9.59 Å². The highest BCUT2D eigenvalue weighted by Crippen LogP contribution is 2.11. The minimum absolute atomic E-state index is 0.0428. The van der Waals surface area contributed by atoms with Crippen molar-refractivity contribution in [2.45, 2.75) is 39.3 Å². The Labute approximate surface area is 167 Å². The third-order valence-electron chi connectivity index (χ3n) is 4.23. The summed E-state index contributed by atoms with van der Waals surface area (Å²) in [5, 5.41) is 14.0. The van der Waals surface area contributed by atoms with Gasteiger partial charge in [0, 0.05) is 18.2 Å². The van der Waals surface area contributed by atoms with Crippen molar-refractivity contribution in [2.24, 2.45) is 0 Å². The number of hydrogen-bond acceptors (Lipinski definition) is 5.